The third-order valence-corrected chi connectivity index (χ3v) is 4.90. The van der Waals surface area contributed by atoms with Crippen molar-refractivity contribution in [2.45, 2.75) is 19.8 Å². The lowest BCUT2D eigenvalue weighted by Gasteiger charge is -2.12. The molecule has 7 nitrogen and oxygen atoms in total. The first-order valence-electron chi connectivity index (χ1n) is 9.86. The molecule has 2 amide bonds. The molecule has 31 heavy (non-hydrogen) atoms. The highest BCUT2D eigenvalue weighted by Crippen LogP contribution is 2.26. The van der Waals surface area contributed by atoms with Gasteiger partial charge in [-0.25, -0.2) is 0 Å². The summed E-state index contributed by atoms with van der Waals surface area (Å²) in [5, 5.41) is 8.52. The molecule has 166 valence electrons. The molecular formula is C22H26BrN3O4S. The van der Waals surface area contributed by atoms with Crippen molar-refractivity contribution < 1.29 is 19.1 Å². The van der Waals surface area contributed by atoms with Crippen molar-refractivity contribution in [2.75, 3.05) is 32.2 Å². The van der Waals surface area contributed by atoms with Gasteiger partial charge in [0.05, 0.1) is 11.1 Å². The predicted octanol–water partition coefficient (Wildman–Crippen LogP) is 4.13. The van der Waals surface area contributed by atoms with Gasteiger partial charge in [-0.3, -0.25) is 14.9 Å². The number of rotatable bonds is 10. The summed E-state index contributed by atoms with van der Waals surface area (Å²) < 4.78 is 11.2. The summed E-state index contributed by atoms with van der Waals surface area (Å²) in [6.45, 7) is 3.73. The molecule has 0 fully saturated rings. The Morgan fingerprint density at radius 3 is 2.55 bits per heavy atom. The number of hydrogen-bond acceptors (Lipinski definition) is 5. The Morgan fingerprint density at radius 1 is 1.06 bits per heavy atom. The summed E-state index contributed by atoms with van der Waals surface area (Å²) in [6.07, 6.45) is 1.63. The minimum atomic E-state index is -0.354. The highest BCUT2D eigenvalue weighted by atomic mass is 79.9. The number of nitrogens with one attached hydrogen (secondary N) is 3. The molecule has 2 aromatic carbocycles. The minimum Gasteiger partial charge on any atom is -0.492 e. The molecule has 2 rings (SSSR count). The van der Waals surface area contributed by atoms with Crippen LogP contribution in [0, 0.1) is 0 Å². The van der Waals surface area contributed by atoms with Crippen LogP contribution in [0.5, 0.6) is 5.75 Å². The topological polar surface area (TPSA) is 88.7 Å². The van der Waals surface area contributed by atoms with Crippen LogP contribution in [0.4, 0.5) is 5.69 Å². The van der Waals surface area contributed by atoms with Gasteiger partial charge in [0.15, 0.2) is 5.11 Å². The van der Waals surface area contributed by atoms with Crippen LogP contribution in [-0.2, 0) is 4.74 Å². The van der Waals surface area contributed by atoms with Crippen molar-refractivity contribution in [2.24, 2.45) is 0 Å². The van der Waals surface area contributed by atoms with Gasteiger partial charge in [-0.1, -0.05) is 13.0 Å². The average molecular weight is 508 g/mol. The average Bonchev–Trinajstić information content (AvgIpc) is 2.75. The summed E-state index contributed by atoms with van der Waals surface area (Å²) in [6, 6.07) is 12.0. The number of benzene rings is 2. The zero-order chi connectivity index (χ0) is 22.6. The Balaban J connectivity index is 1.92. The van der Waals surface area contributed by atoms with Crippen LogP contribution < -0.4 is 20.7 Å². The Bertz CT molecular complexity index is 923. The van der Waals surface area contributed by atoms with Crippen molar-refractivity contribution in [1.29, 1.82) is 0 Å². The molecule has 0 aliphatic carbocycles. The Morgan fingerprint density at radius 2 is 1.84 bits per heavy atom. The van der Waals surface area contributed by atoms with E-state index in [-0.39, 0.29) is 16.9 Å². The van der Waals surface area contributed by atoms with Crippen LogP contribution in [0.15, 0.2) is 46.9 Å². The number of ether oxygens (including phenoxy) is 2. The second-order valence-electron chi connectivity index (χ2n) is 6.58. The third-order valence-electron chi connectivity index (χ3n) is 4.08. The van der Waals surface area contributed by atoms with Crippen molar-refractivity contribution >= 4 is 50.8 Å². The SMILES string of the molecule is CCCOc1ccc(C(=O)NC(=S)Nc2cccc(C(=O)NCCCOC)c2)cc1Br. The molecule has 0 aliphatic heterocycles. The fourth-order valence-electron chi connectivity index (χ4n) is 2.57. The lowest BCUT2D eigenvalue weighted by molar-refractivity contribution is 0.0946. The molecule has 0 unspecified atom stereocenters. The summed E-state index contributed by atoms with van der Waals surface area (Å²) in [4.78, 5) is 24.7. The monoisotopic (exact) mass is 507 g/mol. The van der Waals surface area contributed by atoms with E-state index in [2.05, 4.69) is 31.9 Å². The molecule has 2 aromatic rings. The predicted molar refractivity (Wildman–Crippen MR) is 129 cm³/mol. The van der Waals surface area contributed by atoms with E-state index in [1.54, 1.807) is 49.6 Å². The maximum atomic E-state index is 12.5. The van der Waals surface area contributed by atoms with Crippen LogP contribution in [-0.4, -0.2) is 43.8 Å². The first kappa shape index (κ1) is 24.8. The second kappa shape index (κ2) is 13.0. The van der Waals surface area contributed by atoms with Gasteiger partial charge in [-0.2, -0.15) is 0 Å². The van der Waals surface area contributed by atoms with Gasteiger partial charge in [0, 0.05) is 37.1 Å². The largest absolute Gasteiger partial charge is 0.492 e. The summed E-state index contributed by atoms with van der Waals surface area (Å²) in [5.74, 6) is 0.133. The Hall–Kier alpha value is -2.49. The minimum absolute atomic E-state index is 0.130. The van der Waals surface area contributed by atoms with E-state index < -0.39 is 0 Å². The molecule has 0 radical (unpaired) electrons. The molecule has 0 aliphatic rings. The molecule has 0 atom stereocenters. The standard InChI is InChI=1S/C22H26BrN3O4S/c1-3-11-30-19-9-8-16(14-18(19)23)21(28)26-22(31)25-17-7-4-6-15(13-17)20(27)24-10-5-12-29-2/h4,6-9,13-14H,3,5,10-12H2,1-2H3,(H,24,27)(H2,25,26,28,31). The zero-order valence-corrected chi connectivity index (χ0v) is 19.9. The fourth-order valence-corrected chi connectivity index (χ4v) is 3.27. The maximum Gasteiger partial charge on any atom is 0.257 e. The van der Waals surface area contributed by atoms with E-state index in [4.69, 9.17) is 21.7 Å². The molecule has 0 spiro atoms. The third kappa shape index (κ3) is 8.28. The Labute approximate surface area is 196 Å². The van der Waals surface area contributed by atoms with Crippen LogP contribution in [0.2, 0.25) is 0 Å². The van der Waals surface area contributed by atoms with E-state index in [1.807, 2.05) is 6.92 Å². The first-order valence-corrected chi connectivity index (χ1v) is 11.1. The van der Waals surface area contributed by atoms with Gasteiger partial charge in [0.25, 0.3) is 11.8 Å². The smallest absolute Gasteiger partial charge is 0.257 e. The van der Waals surface area contributed by atoms with E-state index >= 15 is 0 Å². The van der Waals surface area contributed by atoms with Crippen molar-refractivity contribution in [3.8, 4) is 5.75 Å². The van der Waals surface area contributed by atoms with Gasteiger partial charge in [-0.15, -0.1) is 0 Å². The van der Waals surface area contributed by atoms with E-state index in [9.17, 15) is 9.59 Å². The second-order valence-corrected chi connectivity index (χ2v) is 7.85. The molecule has 3 N–H and O–H groups in total. The molecular weight excluding hydrogens is 482 g/mol. The normalized spacial score (nSPS) is 10.3. The van der Waals surface area contributed by atoms with Crippen molar-refractivity contribution in [3.63, 3.8) is 0 Å². The fraction of sp³-hybridized carbons (Fsp3) is 0.318. The quantitative estimate of drug-likeness (QED) is 0.331. The maximum absolute atomic E-state index is 12.5. The first-order chi connectivity index (χ1) is 14.9. The van der Waals surface area contributed by atoms with E-state index in [1.165, 1.54) is 0 Å². The van der Waals surface area contributed by atoms with Crippen molar-refractivity contribution in [1.82, 2.24) is 10.6 Å². The van der Waals surface area contributed by atoms with E-state index in [0.29, 0.717) is 46.8 Å². The number of hydrogen-bond donors (Lipinski definition) is 3. The number of carbonyl (C=O) groups excluding carboxylic acids is 2. The Kier molecular flexibility index (Phi) is 10.4. The van der Waals surface area contributed by atoms with Crippen molar-refractivity contribution in [3.05, 3.63) is 58.1 Å². The molecule has 0 saturated heterocycles. The summed E-state index contributed by atoms with van der Waals surface area (Å²) >= 11 is 8.66. The highest BCUT2D eigenvalue weighted by Gasteiger charge is 2.12. The summed E-state index contributed by atoms with van der Waals surface area (Å²) in [7, 11) is 1.62. The number of carbonyl (C=O) groups is 2. The van der Waals surface area contributed by atoms with Crippen LogP contribution in [0.1, 0.15) is 40.5 Å². The van der Waals surface area contributed by atoms with Gasteiger partial charge in [0.2, 0.25) is 0 Å². The number of methoxy groups -OCH3 is 1. The highest BCUT2D eigenvalue weighted by molar-refractivity contribution is 9.10. The van der Waals surface area contributed by atoms with Gasteiger partial charge in [-0.05, 0) is 77.4 Å². The molecule has 9 heteroatoms. The molecule has 0 aromatic heterocycles. The van der Waals surface area contributed by atoms with Crippen LogP contribution >= 0.6 is 28.1 Å². The number of halogens is 1. The summed E-state index contributed by atoms with van der Waals surface area (Å²) in [5.41, 5.74) is 1.52. The molecule has 0 bridgehead atoms. The molecule has 0 saturated carbocycles. The van der Waals surface area contributed by atoms with Crippen LogP contribution in [0.25, 0.3) is 0 Å². The van der Waals surface area contributed by atoms with Gasteiger partial charge >= 0.3 is 0 Å². The number of thiocarbonyl (C=S) groups is 1. The number of amides is 2. The molecule has 0 heterocycles. The van der Waals surface area contributed by atoms with Gasteiger partial charge in [0.1, 0.15) is 5.75 Å². The number of anilines is 1. The zero-order valence-electron chi connectivity index (χ0n) is 17.5. The lowest BCUT2D eigenvalue weighted by Crippen LogP contribution is -2.34. The van der Waals surface area contributed by atoms with E-state index in [0.717, 1.165) is 12.8 Å². The van der Waals surface area contributed by atoms with Crippen LogP contribution in [0.3, 0.4) is 0 Å². The van der Waals surface area contributed by atoms with Gasteiger partial charge < -0.3 is 20.1 Å². The lowest BCUT2D eigenvalue weighted by atomic mass is 10.2.